The molecule has 0 aromatic rings. The Balaban J connectivity index is 1.77. The van der Waals surface area contributed by atoms with Gasteiger partial charge in [-0.3, -0.25) is 0 Å². The third-order valence-corrected chi connectivity index (χ3v) is 12.2. The molecule has 4 aliphatic carbocycles. The van der Waals surface area contributed by atoms with E-state index < -0.39 is 0 Å². The molecule has 38 heavy (non-hydrogen) atoms. The lowest BCUT2D eigenvalue weighted by molar-refractivity contribution is -0.127. The molecule has 7 atom stereocenters. The number of rotatable bonds is 3. The van der Waals surface area contributed by atoms with Gasteiger partial charge in [-0.1, -0.05) is 95.2 Å². The molecule has 220 valence electrons. The summed E-state index contributed by atoms with van der Waals surface area (Å²) in [5.41, 5.74) is 0.410. The first-order valence-corrected chi connectivity index (χ1v) is 16.2. The Hall–Kier alpha value is -0.340. The van der Waals surface area contributed by atoms with Crippen LogP contribution in [0.25, 0.3) is 0 Å². The second-order valence-electron chi connectivity index (χ2n) is 18.9. The highest BCUT2D eigenvalue weighted by atomic mass is 16.3. The van der Waals surface area contributed by atoms with Crippen LogP contribution in [-0.4, -0.2) is 22.4 Å². The highest BCUT2D eigenvalue weighted by molar-refractivity contribution is 5.13. The molecule has 4 rings (SSSR count). The third-order valence-electron chi connectivity index (χ3n) is 12.2. The fraction of sp³-hybridized carbons (Fsp3) is 0.944. The number of aliphatic hydroxyl groups excluding tert-OH is 2. The number of allylic oxidation sites excluding steroid dienone is 2. The molecular formula is C36H64O2. The Morgan fingerprint density at radius 2 is 0.842 bits per heavy atom. The van der Waals surface area contributed by atoms with Crippen molar-refractivity contribution in [3.8, 4) is 0 Å². The molecule has 0 amide bonds. The summed E-state index contributed by atoms with van der Waals surface area (Å²) in [6.07, 6.45) is 12.0. The van der Waals surface area contributed by atoms with Crippen LogP contribution in [0.1, 0.15) is 122 Å². The first kappa shape index (κ1) is 30.6. The summed E-state index contributed by atoms with van der Waals surface area (Å²) in [5, 5.41) is 23.5. The van der Waals surface area contributed by atoms with Crippen LogP contribution in [0.2, 0.25) is 0 Å². The second-order valence-corrected chi connectivity index (χ2v) is 18.9. The van der Waals surface area contributed by atoms with Crippen molar-refractivity contribution in [3.05, 3.63) is 12.2 Å². The van der Waals surface area contributed by atoms with Gasteiger partial charge in [0.15, 0.2) is 0 Å². The van der Waals surface area contributed by atoms with Crippen LogP contribution in [0.3, 0.4) is 0 Å². The van der Waals surface area contributed by atoms with Crippen LogP contribution in [0.15, 0.2) is 12.2 Å². The van der Waals surface area contributed by atoms with Gasteiger partial charge in [-0.2, -0.15) is 0 Å². The van der Waals surface area contributed by atoms with Crippen molar-refractivity contribution in [1.82, 2.24) is 0 Å². The predicted octanol–water partition coefficient (Wildman–Crippen LogP) is 9.01. The molecule has 0 radical (unpaired) electrons. The number of aliphatic hydroxyl groups is 2. The van der Waals surface area contributed by atoms with Crippen LogP contribution in [0.5, 0.6) is 0 Å². The van der Waals surface area contributed by atoms with E-state index in [1.54, 1.807) is 0 Å². The Bertz CT molecular complexity index is 741. The average molecular weight is 529 g/mol. The van der Waals surface area contributed by atoms with Crippen LogP contribution < -0.4 is 0 Å². The average Bonchev–Trinajstić information content (AvgIpc) is 3.36. The third kappa shape index (κ3) is 5.98. The van der Waals surface area contributed by atoms with Gasteiger partial charge < -0.3 is 10.2 Å². The van der Waals surface area contributed by atoms with Crippen molar-refractivity contribution in [2.45, 2.75) is 134 Å². The summed E-state index contributed by atoms with van der Waals surface area (Å²) >= 11 is 0. The van der Waals surface area contributed by atoms with Crippen molar-refractivity contribution in [2.75, 3.05) is 0 Å². The Labute approximate surface area is 236 Å². The Morgan fingerprint density at radius 3 is 1.08 bits per heavy atom. The van der Waals surface area contributed by atoms with Gasteiger partial charge in [0.05, 0.1) is 12.2 Å². The maximum absolute atomic E-state index is 11.8. The minimum Gasteiger partial charge on any atom is -0.393 e. The fourth-order valence-electron chi connectivity index (χ4n) is 10.1. The van der Waals surface area contributed by atoms with Crippen LogP contribution in [-0.2, 0) is 0 Å². The largest absolute Gasteiger partial charge is 0.393 e. The predicted molar refractivity (Wildman–Crippen MR) is 162 cm³/mol. The molecule has 0 aromatic heterocycles. The maximum Gasteiger partial charge on any atom is 0.0606 e. The number of hydrogen-bond acceptors (Lipinski definition) is 2. The quantitative estimate of drug-likeness (QED) is 0.359. The van der Waals surface area contributed by atoms with E-state index in [2.05, 4.69) is 95.2 Å². The Morgan fingerprint density at radius 1 is 0.500 bits per heavy atom. The van der Waals surface area contributed by atoms with Gasteiger partial charge in [-0.15, -0.1) is 0 Å². The van der Waals surface area contributed by atoms with E-state index in [0.29, 0.717) is 41.4 Å². The smallest absolute Gasteiger partial charge is 0.0606 e. The lowest BCUT2D eigenvalue weighted by Gasteiger charge is -2.56. The molecule has 2 nitrogen and oxygen atoms in total. The zero-order valence-electron chi connectivity index (χ0n) is 27.2. The number of fused-ring (bicyclic) bond motifs is 2. The Kier molecular flexibility index (Phi) is 8.20. The monoisotopic (exact) mass is 528 g/mol. The van der Waals surface area contributed by atoms with Crippen molar-refractivity contribution in [3.63, 3.8) is 0 Å². The zero-order valence-corrected chi connectivity index (χ0v) is 27.2. The van der Waals surface area contributed by atoms with Gasteiger partial charge in [0.2, 0.25) is 0 Å². The van der Waals surface area contributed by atoms with Crippen molar-refractivity contribution < 1.29 is 10.2 Å². The van der Waals surface area contributed by atoms with Gasteiger partial charge in [-0.05, 0) is 119 Å². The summed E-state index contributed by atoms with van der Waals surface area (Å²) in [6, 6.07) is 0. The lowest BCUT2D eigenvalue weighted by Crippen LogP contribution is -2.53. The molecule has 0 aromatic carbocycles. The van der Waals surface area contributed by atoms with Crippen molar-refractivity contribution in [1.29, 1.82) is 0 Å². The molecule has 7 unspecified atom stereocenters. The SMILES string of the molecule is CC(C)(C)C1CC(C(C2CC(C(C)(C)C)C(O)C(C(C)(C)C)C2)C2CC3C=CC2C3)CC(C(C)(C)C)C1O. The summed E-state index contributed by atoms with van der Waals surface area (Å²) in [5.74, 6) is 5.67. The molecule has 2 N–H and O–H groups in total. The van der Waals surface area contributed by atoms with Crippen LogP contribution >= 0.6 is 0 Å². The van der Waals surface area contributed by atoms with E-state index in [0.717, 1.165) is 17.8 Å². The molecular weight excluding hydrogens is 464 g/mol. The molecule has 0 heterocycles. The summed E-state index contributed by atoms with van der Waals surface area (Å²) < 4.78 is 0. The highest BCUT2D eigenvalue weighted by Gasteiger charge is 2.55. The molecule has 0 spiro atoms. The van der Waals surface area contributed by atoms with E-state index in [1.807, 2.05) is 0 Å². The molecule has 0 aliphatic heterocycles. The first-order valence-electron chi connectivity index (χ1n) is 16.2. The summed E-state index contributed by atoms with van der Waals surface area (Å²) in [7, 11) is 0. The van der Waals surface area contributed by atoms with Gasteiger partial charge in [0.1, 0.15) is 0 Å². The summed E-state index contributed by atoms with van der Waals surface area (Å²) in [4.78, 5) is 0. The second kappa shape index (κ2) is 10.2. The fourth-order valence-corrected chi connectivity index (χ4v) is 10.1. The van der Waals surface area contributed by atoms with Crippen molar-refractivity contribution >= 4 is 0 Å². The van der Waals surface area contributed by atoms with E-state index in [4.69, 9.17) is 0 Å². The first-order chi connectivity index (χ1) is 17.2. The minimum atomic E-state index is -0.218. The van der Waals surface area contributed by atoms with Gasteiger partial charge in [0, 0.05) is 0 Å². The molecule has 3 saturated carbocycles. The standard InChI is InChI=1S/C36H64O2/c1-33(2,3)26-17-23(18-27(31(26)37)34(4,5)6)30(25-16-21-13-14-22(25)15-21)24-19-28(35(7,8)9)32(38)29(20-24)36(10,11)12/h13-14,21-32,37-38H,15-20H2,1-12H3. The number of hydrogen-bond donors (Lipinski definition) is 2. The molecule has 2 heteroatoms. The summed E-state index contributed by atoms with van der Waals surface area (Å²) in [6.45, 7) is 28.3. The van der Waals surface area contributed by atoms with Crippen LogP contribution in [0, 0.1) is 80.8 Å². The van der Waals surface area contributed by atoms with E-state index in [-0.39, 0.29) is 33.9 Å². The zero-order chi connectivity index (χ0) is 28.6. The molecule has 0 saturated heterocycles. The highest BCUT2D eigenvalue weighted by Crippen LogP contribution is 2.60. The van der Waals surface area contributed by atoms with E-state index in [1.165, 1.54) is 38.5 Å². The van der Waals surface area contributed by atoms with Gasteiger partial charge in [0.25, 0.3) is 0 Å². The van der Waals surface area contributed by atoms with Gasteiger partial charge in [-0.25, -0.2) is 0 Å². The maximum atomic E-state index is 11.8. The minimum absolute atomic E-state index is 0.103. The molecule has 4 aliphatic rings. The van der Waals surface area contributed by atoms with Crippen LogP contribution in [0.4, 0.5) is 0 Å². The lowest BCUT2D eigenvalue weighted by atomic mass is 9.50. The topological polar surface area (TPSA) is 40.5 Å². The molecule has 2 bridgehead atoms. The van der Waals surface area contributed by atoms with Crippen molar-refractivity contribution in [2.24, 2.45) is 80.8 Å². The van der Waals surface area contributed by atoms with E-state index >= 15 is 0 Å². The van der Waals surface area contributed by atoms with Gasteiger partial charge >= 0.3 is 0 Å². The van der Waals surface area contributed by atoms with E-state index in [9.17, 15) is 10.2 Å². The molecule has 3 fully saturated rings. The normalized spacial score (nSPS) is 43.5.